The SMILES string of the molecule is CCc1ccsc1CNc1ncnc(C)c1F. The summed E-state index contributed by atoms with van der Waals surface area (Å²) in [6.07, 6.45) is 2.36. The highest BCUT2D eigenvalue weighted by atomic mass is 32.1. The van der Waals surface area contributed by atoms with E-state index in [1.165, 1.54) is 16.8 Å². The van der Waals surface area contributed by atoms with E-state index in [2.05, 4.69) is 33.7 Å². The van der Waals surface area contributed by atoms with Crippen molar-refractivity contribution in [3.63, 3.8) is 0 Å². The number of aryl methyl sites for hydroxylation is 2. The number of aromatic nitrogens is 2. The van der Waals surface area contributed by atoms with Gasteiger partial charge in [-0.3, -0.25) is 0 Å². The smallest absolute Gasteiger partial charge is 0.186 e. The first-order valence-electron chi connectivity index (χ1n) is 5.48. The van der Waals surface area contributed by atoms with Crippen molar-refractivity contribution in [2.24, 2.45) is 0 Å². The predicted octanol–water partition coefficient (Wildman–Crippen LogP) is 3.16. The number of hydrogen-bond acceptors (Lipinski definition) is 4. The van der Waals surface area contributed by atoms with E-state index in [0.717, 1.165) is 6.42 Å². The summed E-state index contributed by atoms with van der Waals surface area (Å²) in [5.74, 6) is -0.102. The Kier molecular flexibility index (Phi) is 3.68. The van der Waals surface area contributed by atoms with Gasteiger partial charge in [0.05, 0.1) is 12.2 Å². The Labute approximate surface area is 104 Å². The fourth-order valence-electron chi connectivity index (χ4n) is 1.58. The molecule has 2 heterocycles. The molecular formula is C12H14FN3S. The van der Waals surface area contributed by atoms with E-state index >= 15 is 0 Å². The molecule has 0 aromatic carbocycles. The number of anilines is 1. The summed E-state index contributed by atoms with van der Waals surface area (Å²) in [6, 6.07) is 2.10. The maximum Gasteiger partial charge on any atom is 0.186 e. The van der Waals surface area contributed by atoms with Gasteiger partial charge >= 0.3 is 0 Å². The zero-order valence-corrected chi connectivity index (χ0v) is 10.6. The van der Waals surface area contributed by atoms with Crippen LogP contribution in [0.1, 0.15) is 23.1 Å². The van der Waals surface area contributed by atoms with Crippen molar-refractivity contribution in [1.82, 2.24) is 9.97 Å². The number of nitrogens with one attached hydrogen (secondary N) is 1. The van der Waals surface area contributed by atoms with Crippen molar-refractivity contribution in [3.8, 4) is 0 Å². The van der Waals surface area contributed by atoms with Crippen LogP contribution >= 0.6 is 11.3 Å². The van der Waals surface area contributed by atoms with Gasteiger partial charge in [0, 0.05) is 4.88 Å². The Bertz CT molecular complexity index is 510. The molecule has 0 spiro atoms. The molecule has 0 saturated carbocycles. The molecule has 0 fully saturated rings. The van der Waals surface area contributed by atoms with Crippen molar-refractivity contribution in [1.29, 1.82) is 0 Å². The first-order valence-corrected chi connectivity index (χ1v) is 6.36. The van der Waals surface area contributed by atoms with Crippen molar-refractivity contribution >= 4 is 17.2 Å². The zero-order valence-electron chi connectivity index (χ0n) is 9.83. The van der Waals surface area contributed by atoms with Crippen LogP contribution < -0.4 is 5.32 Å². The van der Waals surface area contributed by atoms with Gasteiger partial charge in [0.1, 0.15) is 6.33 Å². The van der Waals surface area contributed by atoms with Crippen LogP contribution in [0.5, 0.6) is 0 Å². The van der Waals surface area contributed by atoms with E-state index in [9.17, 15) is 4.39 Å². The number of rotatable bonds is 4. The lowest BCUT2D eigenvalue weighted by atomic mass is 10.2. The second-order valence-electron chi connectivity index (χ2n) is 3.70. The maximum absolute atomic E-state index is 13.6. The van der Waals surface area contributed by atoms with Gasteiger partial charge in [-0.1, -0.05) is 6.92 Å². The molecule has 0 radical (unpaired) electrons. The molecule has 5 heteroatoms. The van der Waals surface area contributed by atoms with E-state index in [0.29, 0.717) is 12.2 Å². The van der Waals surface area contributed by atoms with Crippen molar-refractivity contribution in [3.05, 3.63) is 39.7 Å². The number of halogens is 1. The Morgan fingerprint density at radius 3 is 3.00 bits per heavy atom. The highest BCUT2D eigenvalue weighted by Crippen LogP contribution is 2.19. The Morgan fingerprint density at radius 2 is 2.24 bits per heavy atom. The Balaban J connectivity index is 2.10. The molecule has 0 unspecified atom stereocenters. The Hall–Kier alpha value is -1.49. The summed E-state index contributed by atoms with van der Waals surface area (Å²) < 4.78 is 13.6. The number of nitrogens with zero attached hydrogens (tertiary/aromatic N) is 2. The van der Waals surface area contributed by atoms with Crippen LogP contribution in [-0.2, 0) is 13.0 Å². The molecule has 2 aromatic rings. The fraction of sp³-hybridized carbons (Fsp3) is 0.333. The predicted molar refractivity (Wildman–Crippen MR) is 67.8 cm³/mol. The van der Waals surface area contributed by atoms with Gasteiger partial charge in [-0.25, -0.2) is 14.4 Å². The first-order chi connectivity index (χ1) is 8.22. The van der Waals surface area contributed by atoms with Gasteiger partial charge in [-0.05, 0) is 30.4 Å². The molecule has 0 atom stereocenters. The van der Waals surface area contributed by atoms with Crippen LogP contribution in [0.2, 0.25) is 0 Å². The Morgan fingerprint density at radius 1 is 1.41 bits per heavy atom. The maximum atomic E-state index is 13.6. The standard InChI is InChI=1S/C12H14FN3S/c1-3-9-4-5-17-10(9)6-14-12-11(13)8(2)15-7-16-12/h4-5,7H,3,6H2,1-2H3,(H,14,15,16). The molecule has 1 N–H and O–H groups in total. The van der Waals surface area contributed by atoms with Crippen LogP contribution in [0.3, 0.4) is 0 Å². The molecule has 0 aliphatic rings. The number of thiophene rings is 1. The van der Waals surface area contributed by atoms with Gasteiger partial charge in [0.2, 0.25) is 0 Å². The molecule has 0 bridgehead atoms. The van der Waals surface area contributed by atoms with Crippen LogP contribution in [-0.4, -0.2) is 9.97 Å². The first kappa shape index (κ1) is 12.0. The third-order valence-electron chi connectivity index (χ3n) is 2.60. The fourth-order valence-corrected chi connectivity index (χ4v) is 2.50. The van der Waals surface area contributed by atoms with E-state index in [-0.39, 0.29) is 11.6 Å². The molecule has 0 aliphatic heterocycles. The molecule has 3 nitrogen and oxygen atoms in total. The third-order valence-corrected chi connectivity index (χ3v) is 3.56. The molecule has 0 aliphatic carbocycles. The molecule has 2 aromatic heterocycles. The van der Waals surface area contributed by atoms with Gasteiger partial charge in [0.25, 0.3) is 0 Å². The largest absolute Gasteiger partial charge is 0.363 e. The molecule has 2 rings (SSSR count). The van der Waals surface area contributed by atoms with Gasteiger partial charge in [0.15, 0.2) is 11.6 Å². The second-order valence-corrected chi connectivity index (χ2v) is 4.70. The summed E-state index contributed by atoms with van der Waals surface area (Å²) in [5, 5.41) is 5.07. The van der Waals surface area contributed by atoms with Gasteiger partial charge in [-0.2, -0.15) is 0 Å². The summed E-state index contributed by atoms with van der Waals surface area (Å²) in [4.78, 5) is 8.92. The second kappa shape index (κ2) is 5.23. The molecule has 17 heavy (non-hydrogen) atoms. The average molecular weight is 251 g/mol. The monoisotopic (exact) mass is 251 g/mol. The molecule has 0 saturated heterocycles. The summed E-state index contributed by atoms with van der Waals surface area (Å²) in [7, 11) is 0. The minimum atomic E-state index is -0.373. The average Bonchev–Trinajstić information content (AvgIpc) is 2.78. The zero-order chi connectivity index (χ0) is 12.3. The van der Waals surface area contributed by atoms with Crippen LogP contribution in [0, 0.1) is 12.7 Å². The lowest BCUT2D eigenvalue weighted by Gasteiger charge is -2.07. The third kappa shape index (κ3) is 2.61. The van der Waals surface area contributed by atoms with E-state index in [1.807, 2.05) is 0 Å². The minimum absolute atomic E-state index is 0.271. The van der Waals surface area contributed by atoms with E-state index in [1.54, 1.807) is 18.3 Å². The lowest BCUT2D eigenvalue weighted by molar-refractivity contribution is 0.604. The van der Waals surface area contributed by atoms with Crippen LogP contribution in [0.25, 0.3) is 0 Å². The van der Waals surface area contributed by atoms with Crippen molar-refractivity contribution in [2.75, 3.05) is 5.32 Å². The highest BCUT2D eigenvalue weighted by Gasteiger charge is 2.08. The normalized spacial score (nSPS) is 10.5. The van der Waals surface area contributed by atoms with Crippen LogP contribution in [0.4, 0.5) is 10.2 Å². The highest BCUT2D eigenvalue weighted by molar-refractivity contribution is 7.10. The van der Waals surface area contributed by atoms with Crippen LogP contribution in [0.15, 0.2) is 17.8 Å². The van der Waals surface area contributed by atoms with Crippen molar-refractivity contribution in [2.45, 2.75) is 26.8 Å². The minimum Gasteiger partial charge on any atom is -0.363 e. The van der Waals surface area contributed by atoms with Gasteiger partial charge < -0.3 is 5.32 Å². The molecular weight excluding hydrogens is 237 g/mol. The van der Waals surface area contributed by atoms with E-state index < -0.39 is 0 Å². The lowest BCUT2D eigenvalue weighted by Crippen LogP contribution is -2.05. The van der Waals surface area contributed by atoms with E-state index in [4.69, 9.17) is 0 Å². The molecule has 0 amide bonds. The topological polar surface area (TPSA) is 37.8 Å². The summed E-state index contributed by atoms with van der Waals surface area (Å²) >= 11 is 1.68. The quantitative estimate of drug-likeness (QED) is 0.907. The van der Waals surface area contributed by atoms with Crippen molar-refractivity contribution < 1.29 is 4.39 Å². The molecule has 90 valence electrons. The summed E-state index contributed by atoms with van der Waals surface area (Å²) in [5.41, 5.74) is 1.66. The summed E-state index contributed by atoms with van der Waals surface area (Å²) in [6.45, 7) is 4.35. The van der Waals surface area contributed by atoms with Gasteiger partial charge in [-0.15, -0.1) is 11.3 Å². The number of hydrogen-bond donors (Lipinski definition) is 1.